The van der Waals surface area contributed by atoms with Crippen LogP contribution < -0.4 is 11.3 Å². The Balaban J connectivity index is 3.20. The number of carbonyl (C=O) groups is 2. The average molecular weight is 445 g/mol. The van der Waals surface area contributed by atoms with Crippen molar-refractivity contribution < 1.29 is 46.1 Å². The van der Waals surface area contributed by atoms with Crippen LogP contribution in [-0.2, 0) is 12.4 Å². The number of rotatable bonds is 3. The first-order valence-electron chi connectivity index (χ1n) is 7.08. The van der Waals surface area contributed by atoms with Crippen LogP contribution in [0.15, 0.2) is 16.9 Å². The maximum absolute atomic E-state index is 13.5. The molecule has 0 aliphatic heterocycles. The highest BCUT2D eigenvalue weighted by Gasteiger charge is 2.42. The highest BCUT2D eigenvalue weighted by molar-refractivity contribution is 6.34. The van der Waals surface area contributed by atoms with Crippen LogP contribution in [0.5, 0.6) is 0 Å². The zero-order valence-corrected chi connectivity index (χ0v) is 14.3. The van der Waals surface area contributed by atoms with Gasteiger partial charge in [-0.25, -0.2) is 9.59 Å². The summed E-state index contributed by atoms with van der Waals surface area (Å²) in [5.74, 6) is -5.24. The summed E-state index contributed by atoms with van der Waals surface area (Å²) in [5, 5.41) is 17.2. The number of H-pyrrole nitrogens is 1. The molecule has 7 nitrogen and oxygen atoms in total. The van der Waals surface area contributed by atoms with Crippen molar-refractivity contribution in [2.24, 2.45) is 0 Å². The minimum Gasteiger partial charge on any atom is -0.478 e. The predicted molar refractivity (Wildman–Crippen MR) is 85.8 cm³/mol. The molecular formula is C15H7ClF6N2O5. The molecule has 0 saturated heterocycles. The number of carboxylic acids is 2. The van der Waals surface area contributed by atoms with Gasteiger partial charge in [-0.15, -0.1) is 0 Å². The van der Waals surface area contributed by atoms with Gasteiger partial charge >= 0.3 is 24.3 Å². The van der Waals surface area contributed by atoms with Crippen molar-refractivity contribution in [3.8, 4) is 11.1 Å². The fraction of sp³-hybridized carbons (Fsp3) is 0.133. The van der Waals surface area contributed by atoms with Crippen LogP contribution in [0.4, 0.5) is 32.2 Å². The lowest BCUT2D eigenvalue weighted by Crippen LogP contribution is -2.25. The van der Waals surface area contributed by atoms with Gasteiger partial charge in [-0.2, -0.15) is 26.3 Å². The van der Waals surface area contributed by atoms with E-state index in [1.54, 1.807) is 4.98 Å². The monoisotopic (exact) mass is 444 g/mol. The van der Waals surface area contributed by atoms with Gasteiger partial charge < -0.3 is 20.9 Å². The van der Waals surface area contributed by atoms with Crippen molar-refractivity contribution in [2.45, 2.75) is 12.4 Å². The van der Waals surface area contributed by atoms with Gasteiger partial charge in [0.2, 0.25) is 0 Å². The Morgan fingerprint density at radius 2 is 1.45 bits per heavy atom. The van der Waals surface area contributed by atoms with Crippen LogP contribution in [0.25, 0.3) is 11.1 Å². The van der Waals surface area contributed by atoms with Crippen LogP contribution in [0.2, 0.25) is 5.02 Å². The number of hydrogen-bond acceptors (Lipinski definition) is 4. The van der Waals surface area contributed by atoms with Gasteiger partial charge in [0.1, 0.15) is 16.9 Å². The number of aromatic carboxylic acids is 2. The number of aromatic amines is 1. The maximum Gasteiger partial charge on any atom is 0.417 e. The van der Waals surface area contributed by atoms with E-state index in [4.69, 9.17) is 17.3 Å². The van der Waals surface area contributed by atoms with Gasteiger partial charge in [0.15, 0.2) is 0 Å². The van der Waals surface area contributed by atoms with Crippen molar-refractivity contribution in [3.05, 3.63) is 49.8 Å². The summed E-state index contributed by atoms with van der Waals surface area (Å²) in [6.45, 7) is 0. The van der Waals surface area contributed by atoms with Gasteiger partial charge in [-0.05, 0) is 12.1 Å². The number of nitrogens with one attached hydrogen (secondary N) is 1. The van der Waals surface area contributed by atoms with Crippen molar-refractivity contribution in [1.82, 2.24) is 4.98 Å². The third kappa shape index (κ3) is 3.99. The second kappa shape index (κ2) is 6.99. The van der Waals surface area contributed by atoms with E-state index >= 15 is 0 Å². The fourth-order valence-electron chi connectivity index (χ4n) is 2.54. The Labute approximate surface area is 160 Å². The molecule has 0 aliphatic carbocycles. The van der Waals surface area contributed by atoms with Crippen LogP contribution in [0.3, 0.4) is 0 Å². The number of carboxylic acid groups (broad SMARTS) is 2. The molecule has 0 bridgehead atoms. The molecule has 1 aromatic carbocycles. The van der Waals surface area contributed by atoms with E-state index in [1.165, 1.54) is 0 Å². The largest absolute Gasteiger partial charge is 0.478 e. The van der Waals surface area contributed by atoms with E-state index in [0.717, 1.165) is 0 Å². The number of anilines is 1. The summed E-state index contributed by atoms with van der Waals surface area (Å²) in [7, 11) is 0. The lowest BCUT2D eigenvalue weighted by Gasteiger charge is -2.20. The Kier molecular flexibility index (Phi) is 5.32. The molecule has 14 heteroatoms. The molecule has 1 heterocycles. The lowest BCUT2D eigenvalue weighted by molar-refractivity contribution is -0.142. The van der Waals surface area contributed by atoms with Gasteiger partial charge in [-0.1, -0.05) is 11.6 Å². The summed E-state index contributed by atoms with van der Waals surface area (Å²) in [6, 6.07) is -0.337. The molecule has 0 spiro atoms. The Morgan fingerprint density at radius 3 is 1.86 bits per heavy atom. The number of halogens is 7. The second-order valence-corrected chi connectivity index (χ2v) is 5.89. The summed E-state index contributed by atoms with van der Waals surface area (Å²) in [6.07, 6.45) is -10.8. The summed E-state index contributed by atoms with van der Waals surface area (Å²) in [5.41, 5.74) is -5.81. The zero-order valence-electron chi connectivity index (χ0n) is 13.5. The molecule has 2 aromatic rings. The van der Waals surface area contributed by atoms with E-state index in [-0.39, 0.29) is 12.1 Å². The summed E-state index contributed by atoms with van der Waals surface area (Å²) >= 11 is 5.60. The minimum absolute atomic E-state index is 0.0424. The minimum atomic E-state index is -5.54. The van der Waals surface area contributed by atoms with Gasteiger partial charge in [0, 0.05) is 16.1 Å². The molecule has 156 valence electrons. The average Bonchev–Trinajstić information content (AvgIpc) is 2.50. The highest BCUT2D eigenvalue weighted by Crippen LogP contribution is 2.46. The summed E-state index contributed by atoms with van der Waals surface area (Å²) < 4.78 is 79.3. The first-order valence-corrected chi connectivity index (χ1v) is 7.45. The van der Waals surface area contributed by atoms with Crippen LogP contribution in [0.1, 0.15) is 31.8 Å². The number of nitrogens with two attached hydrogens (primary N) is 1. The van der Waals surface area contributed by atoms with Crippen molar-refractivity contribution in [1.29, 1.82) is 0 Å². The van der Waals surface area contributed by atoms with Gasteiger partial charge in [0.25, 0.3) is 5.56 Å². The third-order valence-electron chi connectivity index (χ3n) is 3.65. The maximum atomic E-state index is 13.5. The van der Waals surface area contributed by atoms with E-state index in [2.05, 4.69) is 0 Å². The zero-order chi connectivity index (χ0) is 22.5. The molecule has 0 unspecified atom stereocenters. The van der Waals surface area contributed by atoms with Crippen molar-refractivity contribution in [3.63, 3.8) is 0 Å². The predicted octanol–water partition coefficient (Wildman–Crippen LogP) is 3.71. The molecule has 1 aromatic heterocycles. The molecule has 5 N–H and O–H groups in total. The van der Waals surface area contributed by atoms with E-state index in [9.17, 15) is 50.9 Å². The number of benzene rings is 1. The normalized spacial score (nSPS) is 12.1. The topological polar surface area (TPSA) is 133 Å². The highest BCUT2D eigenvalue weighted by atomic mass is 35.5. The van der Waals surface area contributed by atoms with Crippen LogP contribution in [-0.4, -0.2) is 27.1 Å². The Bertz CT molecular complexity index is 1090. The molecular weight excluding hydrogens is 438 g/mol. The first kappa shape index (κ1) is 22.1. The molecule has 0 atom stereocenters. The van der Waals surface area contributed by atoms with E-state index in [0.29, 0.717) is 0 Å². The second-order valence-electron chi connectivity index (χ2n) is 5.48. The van der Waals surface area contributed by atoms with E-state index in [1.807, 2.05) is 0 Å². The number of hydrogen-bond donors (Lipinski definition) is 4. The molecule has 2 rings (SSSR count). The van der Waals surface area contributed by atoms with E-state index < -0.39 is 74.1 Å². The van der Waals surface area contributed by atoms with Crippen molar-refractivity contribution >= 4 is 29.4 Å². The standard InChI is InChI=1S/C15H7ClF6N2O5/c16-5-2-3(14(17,18)19)1-4(15(20,21)22)6(5)7-8(12(26)27)10(23)24-11(25)9(7)13(28)29/h1-2H,(H,26,27)(H,28,29)(H3,23,24,25). The van der Waals surface area contributed by atoms with Crippen LogP contribution >= 0.6 is 11.6 Å². The van der Waals surface area contributed by atoms with Gasteiger partial charge in [0.05, 0.1) is 11.1 Å². The molecule has 29 heavy (non-hydrogen) atoms. The number of alkyl halides is 6. The molecule has 0 amide bonds. The smallest absolute Gasteiger partial charge is 0.417 e. The van der Waals surface area contributed by atoms with Crippen LogP contribution in [0, 0.1) is 0 Å². The lowest BCUT2D eigenvalue weighted by atomic mass is 9.90. The number of nitrogen functional groups attached to an aromatic ring is 1. The Morgan fingerprint density at radius 1 is 0.931 bits per heavy atom. The SMILES string of the molecule is Nc1[nH]c(=O)c(C(=O)O)c(-c2c(Cl)cc(C(F)(F)F)cc2C(F)(F)F)c1C(=O)O. The van der Waals surface area contributed by atoms with Gasteiger partial charge in [-0.3, -0.25) is 4.79 Å². The fourth-order valence-corrected chi connectivity index (χ4v) is 2.86. The quantitative estimate of drug-likeness (QED) is 0.533. The third-order valence-corrected chi connectivity index (χ3v) is 3.94. The molecule has 0 aliphatic rings. The first-order chi connectivity index (χ1) is 13.1. The molecule has 0 saturated carbocycles. The Hall–Kier alpha value is -3.22. The van der Waals surface area contributed by atoms with Crippen molar-refractivity contribution in [2.75, 3.05) is 5.73 Å². The molecule has 0 radical (unpaired) electrons. The number of pyridine rings is 1. The molecule has 0 fully saturated rings. The summed E-state index contributed by atoms with van der Waals surface area (Å²) in [4.78, 5) is 36.5. The number of aromatic nitrogens is 1.